The molecule has 2 rings (SSSR count). The van der Waals surface area contributed by atoms with Crippen molar-refractivity contribution < 1.29 is 9.59 Å². The highest BCUT2D eigenvalue weighted by atomic mass is 16.2. The minimum Gasteiger partial charge on any atom is -0.326 e. The zero-order valence-corrected chi connectivity index (χ0v) is 15.4. The molecule has 0 bridgehead atoms. The van der Waals surface area contributed by atoms with Crippen LogP contribution in [0, 0.1) is 13.8 Å². The second kappa shape index (κ2) is 8.47. The lowest BCUT2D eigenvalue weighted by Crippen LogP contribution is -2.31. The van der Waals surface area contributed by atoms with Gasteiger partial charge in [-0.3, -0.25) is 9.59 Å². The quantitative estimate of drug-likeness (QED) is 0.856. The lowest BCUT2D eigenvalue weighted by atomic mass is 10.1. The van der Waals surface area contributed by atoms with Crippen molar-refractivity contribution >= 4 is 23.2 Å². The highest BCUT2D eigenvalue weighted by Crippen LogP contribution is 2.17. The zero-order valence-electron chi connectivity index (χ0n) is 15.4. The predicted octanol–water partition coefficient (Wildman–Crippen LogP) is 4.25. The Morgan fingerprint density at radius 3 is 2.12 bits per heavy atom. The Labute approximate surface area is 149 Å². The molecule has 4 heteroatoms. The summed E-state index contributed by atoms with van der Waals surface area (Å²) in [5.74, 6) is -0.162. The van der Waals surface area contributed by atoms with Crippen LogP contribution in [0.4, 0.5) is 11.4 Å². The number of aryl methyl sites for hydroxylation is 3. The second-order valence-electron chi connectivity index (χ2n) is 6.37. The van der Waals surface area contributed by atoms with Crippen molar-refractivity contribution in [3.8, 4) is 0 Å². The molecule has 0 aliphatic rings. The van der Waals surface area contributed by atoms with Crippen LogP contribution in [0.3, 0.4) is 0 Å². The average molecular weight is 338 g/mol. The van der Waals surface area contributed by atoms with E-state index in [2.05, 4.69) is 18.3 Å². The zero-order chi connectivity index (χ0) is 18.4. The first-order chi connectivity index (χ1) is 11.9. The van der Waals surface area contributed by atoms with Gasteiger partial charge in [-0.25, -0.2) is 0 Å². The van der Waals surface area contributed by atoms with Crippen molar-refractivity contribution in [3.63, 3.8) is 0 Å². The summed E-state index contributed by atoms with van der Waals surface area (Å²) in [7, 11) is 0. The average Bonchev–Trinajstić information content (AvgIpc) is 2.54. The number of amides is 2. The molecule has 0 saturated carbocycles. The van der Waals surface area contributed by atoms with Crippen molar-refractivity contribution in [1.29, 1.82) is 0 Å². The minimum absolute atomic E-state index is 0.0663. The van der Waals surface area contributed by atoms with Gasteiger partial charge in [0.2, 0.25) is 11.8 Å². The number of carbonyl (C=O) groups is 2. The Morgan fingerprint density at radius 2 is 1.60 bits per heavy atom. The smallest absolute Gasteiger partial charge is 0.226 e. The lowest BCUT2D eigenvalue weighted by Gasteiger charge is -2.21. The van der Waals surface area contributed by atoms with Crippen LogP contribution in [0.2, 0.25) is 0 Å². The fourth-order valence-electron chi connectivity index (χ4n) is 2.86. The summed E-state index contributed by atoms with van der Waals surface area (Å²) in [6.45, 7) is 7.97. The van der Waals surface area contributed by atoms with E-state index in [4.69, 9.17) is 0 Å². The molecule has 132 valence electrons. The fraction of sp³-hybridized carbons (Fsp3) is 0.333. The minimum atomic E-state index is -0.0959. The van der Waals surface area contributed by atoms with Gasteiger partial charge in [-0.05, 0) is 61.2 Å². The van der Waals surface area contributed by atoms with Gasteiger partial charge in [0.15, 0.2) is 0 Å². The van der Waals surface area contributed by atoms with E-state index in [0.29, 0.717) is 6.54 Å². The van der Waals surface area contributed by atoms with E-state index in [-0.39, 0.29) is 18.2 Å². The number of hydrogen-bond donors (Lipinski definition) is 1. The molecule has 4 nitrogen and oxygen atoms in total. The molecule has 1 N–H and O–H groups in total. The molecular weight excluding hydrogens is 312 g/mol. The van der Waals surface area contributed by atoms with Gasteiger partial charge in [0.25, 0.3) is 0 Å². The Hall–Kier alpha value is -2.62. The fourth-order valence-corrected chi connectivity index (χ4v) is 2.86. The Bertz CT molecular complexity index is 731. The number of rotatable bonds is 6. The van der Waals surface area contributed by atoms with Gasteiger partial charge in [0.05, 0.1) is 0 Å². The first-order valence-corrected chi connectivity index (χ1v) is 8.64. The molecule has 0 saturated heterocycles. The molecule has 2 amide bonds. The molecule has 0 heterocycles. The highest BCUT2D eigenvalue weighted by Gasteiger charge is 2.13. The van der Waals surface area contributed by atoms with E-state index in [0.717, 1.165) is 28.9 Å². The molecule has 0 spiro atoms. The largest absolute Gasteiger partial charge is 0.326 e. The SMILES string of the molecule is CCc1ccc(N(CCC(=O)Nc2cc(C)cc(C)c2)C(C)=O)cc1. The summed E-state index contributed by atoms with van der Waals surface area (Å²) in [5, 5.41) is 2.91. The topological polar surface area (TPSA) is 49.4 Å². The number of hydrogen-bond acceptors (Lipinski definition) is 2. The molecule has 0 radical (unpaired) electrons. The van der Waals surface area contributed by atoms with E-state index in [9.17, 15) is 9.59 Å². The first kappa shape index (κ1) is 18.7. The van der Waals surface area contributed by atoms with Gasteiger partial charge in [0, 0.05) is 31.3 Å². The Morgan fingerprint density at radius 1 is 1.00 bits per heavy atom. The molecule has 0 fully saturated rings. The van der Waals surface area contributed by atoms with Gasteiger partial charge < -0.3 is 10.2 Å². The van der Waals surface area contributed by atoms with Gasteiger partial charge in [-0.2, -0.15) is 0 Å². The van der Waals surface area contributed by atoms with Crippen molar-refractivity contribution in [1.82, 2.24) is 0 Å². The van der Waals surface area contributed by atoms with Gasteiger partial charge in [0.1, 0.15) is 0 Å². The van der Waals surface area contributed by atoms with E-state index in [1.165, 1.54) is 12.5 Å². The van der Waals surface area contributed by atoms with Crippen molar-refractivity contribution in [2.24, 2.45) is 0 Å². The lowest BCUT2D eigenvalue weighted by molar-refractivity contribution is -0.117. The third-order valence-corrected chi connectivity index (χ3v) is 4.10. The maximum absolute atomic E-state index is 12.2. The summed E-state index contributed by atoms with van der Waals surface area (Å²) in [6, 6.07) is 13.8. The van der Waals surface area contributed by atoms with Crippen LogP contribution in [0.25, 0.3) is 0 Å². The second-order valence-corrected chi connectivity index (χ2v) is 6.37. The standard InChI is InChI=1S/C21H26N2O2/c1-5-18-6-8-20(9-7-18)23(17(4)24)11-10-21(25)22-19-13-15(2)12-16(3)14-19/h6-9,12-14H,5,10-11H2,1-4H3,(H,22,25). The molecule has 0 atom stereocenters. The van der Waals surface area contributed by atoms with Gasteiger partial charge in [-0.1, -0.05) is 25.1 Å². The molecule has 25 heavy (non-hydrogen) atoms. The molecule has 0 aliphatic carbocycles. The van der Waals surface area contributed by atoms with E-state index in [1.807, 2.05) is 50.2 Å². The summed E-state index contributed by atoms with van der Waals surface area (Å²) in [4.78, 5) is 25.8. The normalized spacial score (nSPS) is 10.4. The number of anilines is 2. The van der Waals surface area contributed by atoms with E-state index >= 15 is 0 Å². The summed E-state index contributed by atoms with van der Waals surface area (Å²) < 4.78 is 0. The number of nitrogens with zero attached hydrogens (tertiary/aromatic N) is 1. The van der Waals surface area contributed by atoms with Crippen LogP contribution in [0.5, 0.6) is 0 Å². The first-order valence-electron chi connectivity index (χ1n) is 8.64. The van der Waals surface area contributed by atoms with Crippen molar-refractivity contribution in [3.05, 3.63) is 59.2 Å². The van der Waals surface area contributed by atoms with Crippen LogP contribution in [-0.2, 0) is 16.0 Å². The molecule has 2 aromatic carbocycles. The van der Waals surface area contributed by atoms with Crippen LogP contribution in [0.15, 0.2) is 42.5 Å². The maximum atomic E-state index is 12.2. The van der Waals surface area contributed by atoms with Crippen LogP contribution in [-0.4, -0.2) is 18.4 Å². The van der Waals surface area contributed by atoms with Crippen LogP contribution < -0.4 is 10.2 Å². The number of nitrogens with one attached hydrogen (secondary N) is 1. The third-order valence-electron chi connectivity index (χ3n) is 4.10. The van der Waals surface area contributed by atoms with Crippen LogP contribution in [0.1, 0.15) is 37.0 Å². The maximum Gasteiger partial charge on any atom is 0.226 e. The summed E-state index contributed by atoms with van der Waals surface area (Å²) in [6.07, 6.45) is 1.21. The summed E-state index contributed by atoms with van der Waals surface area (Å²) >= 11 is 0. The Balaban J connectivity index is 2.00. The molecule has 2 aromatic rings. The van der Waals surface area contributed by atoms with Crippen molar-refractivity contribution in [2.45, 2.75) is 40.5 Å². The highest BCUT2D eigenvalue weighted by molar-refractivity contribution is 5.94. The van der Waals surface area contributed by atoms with Gasteiger partial charge >= 0.3 is 0 Å². The predicted molar refractivity (Wildman–Crippen MR) is 103 cm³/mol. The Kier molecular flexibility index (Phi) is 6.34. The van der Waals surface area contributed by atoms with Crippen LogP contribution >= 0.6 is 0 Å². The van der Waals surface area contributed by atoms with Crippen molar-refractivity contribution in [2.75, 3.05) is 16.8 Å². The molecular formula is C21H26N2O2. The number of carbonyl (C=O) groups excluding carboxylic acids is 2. The molecule has 0 aliphatic heterocycles. The number of benzene rings is 2. The van der Waals surface area contributed by atoms with E-state index in [1.54, 1.807) is 4.90 Å². The third kappa shape index (κ3) is 5.45. The molecule has 0 unspecified atom stereocenters. The monoisotopic (exact) mass is 338 g/mol. The van der Waals surface area contributed by atoms with E-state index < -0.39 is 0 Å². The van der Waals surface area contributed by atoms with Gasteiger partial charge in [-0.15, -0.1) is 0 Å². The molecule has 0 aromatic heterocycles. The summed E-state index contributed by atoms with van der Waals surface area (Å²) in [5.41, 5.74) is 5.06.